The van der Waals surface area contributed by atoms with Crippen LogP contribution in [0.4, 0.5) is 0 Å². The molecule has 0 saturated carbocycles. The van der Waals surface area contributed by atoms with Gasteiger partial charge in [-0.15, -0.1) is 0 Å². The van der Waals surface area contributed by atoms with Gasteiger partial charge in [-0.3, -0.25) is 0 Å². The molecule has 4 N–H and O–H groups in total. The topological polar surface area (TPSA) is 134 Å². The van der Waals surface area contributed by atoms with Gasteiger partial charge in [0.25, 0.3) is 0 Å². The van der Waals surface area contributed by atoms with E-state index in [0.29, 0.717) is 6.61 Å². The van der Waals surface area contributed by atoms with E-state index in [2.05, 4.69) is 22.6 Å². The summed E-state index contributed by atoms with van der Waals surface area (Å²) in [5.41, 5.74) is 0.352. The normalized spacial score (nSPS) is 15.6. The Kier molecular flexibility index (Phi) is 10.4. The molecule has 0 radical (unpaired) electrons. The minimum atomic E-state index is -2.04. The molecule has 0 aliphatic carbocycles. The SMILES string of the molecule is C=C(C)C(=O)O.C=C(C)C(=O)O.OC1(O)COCCO1. The van der Waals surface area contributed by atoms with Gasteiger partial charge >= 0.3 is 17.9 Å². The van der Waals surface area contributed by atoms with Gasteiger partial charge in [0.2, 0.25) is 0 Å². The molecule has 0 aromatic heterocycles. The van der Waals surface area contributed by atoms with Crippen LogP contribution in [0.5, 0.6) is 0 Å². The minimum absolute atomic E-state index is 0.160. The maximum absolute atomic E-state index is 9.60. The van der Waals surface area contributed by atoms with Crippen LogP contribution < -0.4 is 0 Å². The molecule has 116 valence electrons. The maximum atomic E-state index is 9.60. The molecule has 1 saturated heterocycles. The van der Waals surface area contributed by atoms with E-state index in [-0.39, 0.29) is 24.4 Å². The number of carboxylic acids is 2. The van der Waals surface area contributed by atoms with E-state index in [0.717, 1.165) is 0 Å². The molecule has 0 spiro atoms. The molecule has 20 heavy (non-hydrogen) atoms. The van der Waals surface area contributed by atoms with E-state index in [4.69, 9.17) is 20.4 Å². The van der Waals surface area contributed by atoms with Crippen molar-refractivity contribution in [2.24, 2.45) is 0 Å². The molecule has 1 heterocycles. The number of carboxylic acid groups (broad SMARTS) is 2. The summed E-state index contributed by atoms with van der Waals surface area (Å²) >= 11 is 0. The summed E-state index contributed by atoms with van der Waals surface area (Å²) in [4.78, 5) is 19.2. The van der Waals surface area contributed by atoms with Gasteiger partial charge in [0.1, 0.15) is 6.61 Å². The van der Waals surface area contributed by atoms with Gasteiger partial charge in [0.05, 0.1) is 13.2 Å². The summed E-state index contributed by atoms with van der Waals surface area (Å²) in [5, 5.41) is 32.9. The van der Waals surface area contributed by atoms with Crippen LogP contribution >= 0.6 is 0 Å². The summed E-state index contributed by atoms with van der Waals surface area (Å²) in [7, 11) is 0. The maximum Gasteiger partial charge on any atom is 0.330 e. The van der Waals surface area contributed by atoms with Crippen molar-refractivity contribution in [1.82, 2.24) is 0 Å². The lowest BCUT2D eigenvalue weighted by Gasteiger charge is -2.25. The first-order chi connectivity index (χ1) is 8.99. The molecule has 8 nitrogen and oxygen atoms in total. The second-order valence-electron chi connectivity index (χ2n) is 3.82. The third-order valence-electron chi connectivity index (χ3n) is 1.58. The number of carbonyl (C=O) groups is 2. The van der Waals surface area contributed by atoms with E-state index < -0.39 is 17.9 Å². The average Bonchev–Trinajstić information content (AvgIpc) is 2.29. The lowest BCUT2D eigenvalue weighted by molar-refractivity contribution is -0.378. The number of rotatable bonds is 2. The highest BCUT2D eigenvalue weighted by Crippen LogP contribution is 2.06. The van der Waals surface area contributed by atoms with Crippen molar-refractivity contribution >= 4 is 11.9 Å². The number of aliphatic hydroxyl groups is 2. The second kappa shape index (κ2) is 10.1. The standard InChI is InChI=1S/C4H8O4.2C4H6O2/c5-4(6)3-7-1-2-8-4;2*1-3(2)4(5)6/h5-6H,1-3H2;2*1H2,2H3,(H,5,6). The predicted molar refractivity (Wildman–Crippen MR) is 68.8 cm³/mol. The first-order valence-electron chi connectivity index (χ1n) is 5.43. The second-order valence-corrected chi connectivity index (χ2v) is 3.82. The van der Waals surface area contributed by atoms with Crippen molar-refractivity contribution < 1.29 is 39.5 Å². The van der Waals surface area contributed by atoms with Gasteiger partial charge in [-0.2, -0.15) is 0 Å². The molecular weight excluding hydrogens is 272 g/mol. The van der Waals surface area contributed by atoms with E-state index in [1.807, 2.05) is 0 Å². The van der Waals surface area contributed by atoms with Crippen LogP contribution in [0.25, 0.3) is 0 Å². The fourth-order valence-electron chi connectivity index (χ4n) is 0.511. The Morgan fingerprint density at radius 3 is 1.45 bits per heavy atom. The zero-order valence-electron chi connectivity index (χ0n) is 11.5. The predicted octanol–water partition coefficient (Wildman–Crippen LogP) is -0.0342. The van der Waals surface area contributed by atoms with Crippen LogP contribution in [0.15, 0.2) is 24.3 Å². The van der Waals surface area contributed by atoms with Crippen LogP contribution in [0.3, 0.4) is 0 Å². The van der Waals surface area contributed by atoms with Crippen LogP contribution in [-0.4, -0.2) is 58.2 Å². The molecule has 0 amide bonds. The average molecular weight is 292 g/mol. The largest absolute Gasteiger partial charge is 0.478 e. The Bertz CT molecular complexity index is 302. The van der Waals surface area contributed by atoms with Crippen LogP contribution in [0, 0.1) is 0 Å². The summed E-state index contributed by atoms with van der Waals surface area (Å²) in [6.07, 6.45) is 0. The molecule has 0 unspecified atom stereocenters. The number of ether oxygens (including phenoxy) is 2. The number of hydrogen-bond acceptors (Lipinski definition) is 6. The van der Waals surface area contributed by atoms with Gasteiger partial charge in [0, 0.05) is 11.1 Å². The summed E-state index contributed by atoms with van der Waals surface area (Å²) < 4.78 is 9.11. The van der Waals surface area contributed by atoms with Gasteiger partial charge in [-0.1, -0.05) is 13.2 Å². The molecule has 0 bridgehead atoms. The quantitative estimate of drug-likeness (QED) is 0.411. The molecule has 1 fully saturated rings. The third-order valence-corrected chi connectivity index (χ3v) is 1.58. The van der Waals surface area contributed by atoms with Crippen LogP contribution in [0.2, 0.25) is 0 Å². The fourth-order valence-corrected chi connectivity index (χ4v) is 0.511. The Balaban J connectivity index is 0. The Hall–Kier alpha value is -1.74. The first kappa shape index (κ1) is 20.6. The van der Waals surface area contributed by atoms with Crippen molar-refractivity contribution in [1.29, 1.82) is 0 Å². The molecule has 0 atom stereocenters. The van der Waals surface area contributed by atoms with Gasteiger partial charge in [0.15, 0.2) is 0 Å². The molecule has 0 aromatic carbocycles. The van der Waals surface area contributed by atoms with Crippen LogP contribution in [0.1, 0.15) is 13.8 Å². The summed E-state index contributed by atoms with van der Waals surface area (Å²) in [5.74, 6) is -3.91. The van der Waals surface area contributed by atoms with Crippen molar-refractivity contribution in [3.63, 3.8) is 0 Å². The minimum Gasteiger partial charge on any atom is -0.478 e. The van der Waals surface area contributed by atoms with E-state index >= 15 is 0 Å². The monoisotopic (exact) mass is 292 g/mol. The fraction of sp³-hybridized carbons (Fsp3) is 0.500. The molecule has 1 aliphatic rings. The highest BCUT2D eigenvalue weighted by atomic mass is 16.8. The zero-order chi connectivity index (χ0) is 16.3. The summed E-state index contributed by atoms with van der Waals surface area (Å²) in [6.45, 7) is 9.72. The van der Waals surface area contributed by atoms with Crippen molar-refractivity contribution in [2.45, 2.75) is 19.8 Å². The van der Waals surface area contributed by atoms with Gasteiger partial charge in [-0.25, -0.2) is 9.59 Å². The third kappa shape index (κ3) is 14.3. The molecule has 1 aliphatic heterocycles. The van der Waals surface area contributed by atoms with Gasteiger partial charge in [-0.05, 0) is 13.8 Å². The Morgan fingerprint density at radius 2 is 1.35 bits per heavy atom. The zero-order valence-corrected chi connectivity index (χ0v) is 11.5. The molecule has 0 aromatic rings. The number of hydrogen-bond donors (Lipinski definition) is 4. The van der Waals surface area contributed by atoms with E-state index in [1.54, 1.807) is 0 Å². The smallest absolute Gasteiger partial charge is 0.330 e. The molecule has 8 heteroatoms. The van der Waals surface area contributed by atoms with E-state index in [1.165, 1.54) is 13.8 Å². The first-order valence-corrected chi connectivity index (χ1v) is 5.43. The molecular formula is C12H20O8. The van der Waals surface area contributed by atoms with Crippen molar-refractivity contribution in [2.75, 3.05) is 19.8 Å². The highest BCUT2D eigenvalue weighted by molar-refractivity contribution is 5.85. The highest BCUT2D eigenvalue weighted by Gasteiger charge is 2.27. The Labute approximate surface area is 116 Å². The molecule has 1 rings (SSSR count). The lowest BCUT2D eigenvalue weighted by Crippen LogP contribution is -2.42. The van der Waals surface area contributed by atoms with Crippen molar-refractivity contribution in [3.8, 4) is 0 Å². The van der Waals surface area contributed by atoms with Gasteiger partial charge < -0.3 is 29.9 Å². The number of aliphatic carboxylic acids is 2. The summed E-state index contributed by atoms with van der Waals surface area (Å²) in [6, 6.07) is 0. The van der Waals surface area contributed by atoms with Crippen LogP contribution in [-0.2, 0) is 19.1 Å². The lowest BCUT2D eigenvalue weighted by atomic mass is 10.4. The van der Waals surface area contributed by atoms with E-state index in [9.17, 15) is 9.59 Å². The van der Waals surface area contributed by atoms with Crippen molar-refractivity contribution in [3.05, 3.63) is 24.3 Å². The Morgan fingerprint density at radius 1 is 1.00 bits per heavy atom.